The van der Waals surface area contributed by atoms with Gasteiger partial charge in [0.25, 0.3) is 0 Å². The van der Waals surface area contributed by atoms with Crippen LogP contribution < -0.4 is 4.72 Å². The van der Waals surface area contributed by atoms with Crippen LogP contribution in [0.1, 0.15) is 0 Å². The van der Waals surface area contributed by atoms with E-state index in [1.165, 1.54) is 6.07 Å². The third-order valence-electron chi connectivity index (χ3n) is 2.39. The van der Waals surface area contributed by atoms with Gasteiger partial charge in [-0.05, 0) is 17.7 Å². The Morgan fingerprint density at radius 3 is 2.44 bits per heavy atom. The van der Waals surface area contributed by atoms with Crippen LogP contribution in [0.25, 0.3) is 11.1 Å². The average molecular weight is 283 g/mol. The van der Waals surface area contributed by atoms with Gasteiger partial charge in [0.2, 0.25) is 0 Å². The van der Waals surface area contributed by atoms with Crippen molar-refractivity contribution in [2.75, 3.05) is 4.72 Å². The van der Waals surface area contributed by atoms with Gasteiger partial charge in [-0.15, -0.1) is 0 Å². The number of nitrogens with one attached hydrogen (secondary N) is 1. The molecule has 4 nitrogen and oxygen atoms in total. The smallest absolute Gasteiger partial charge is 0.141 e. The SMILES string of the molecule is O=S([O-])Nc1c(O)ccc(-c2ccccc2)c1Cl. The lowest BCUT2D eigenvalue weighted by atomic mass is 10.0. The maximum Gasteiger partial charge on any atom is 0.141 e. The first kappa shape index (κ1) is 12.9. The number of rotatable bonds is 3. The second kappa shape index (κ2) is 5.39. The highest BCUT2D eigenvalue weighted by Crippen LogP contribution is 2.39. The summed E-state index contributed by atoms with van der Waals surface area (Å²) in [6, 6.07) is 12.3. The first-order chi connectivity index (χ1) is 8.59. The van der Waals surface area contributed by atoms with Crippen molar-refractivity contribution in [1.82, 2.24) is 0 Å². The van der Waals surface area contributed by atoms with Gasteiger partial charge < -0.3 is 14.4 Å². The van der Waals surface area contributed by atoms with Gasteiger partial charge in [0.05, 0.1) is 5.02 Å². The average Bonchev–Trinajstić information content (AvgIpc) is 2.35. The summed E-state index contributed by atoms with van der Waals surface area (Å²) >= 11 is 3.55. The monoisotopic (exact) mass is 282 g/mol. The van der Waals surface area contributed by atoms with Crippen LogP contribution in [-0.2, 0) is 11.3 Å². The Kier molecular flexibility index (Phi) is 3.86. The lowest BCUT2D eigenvalue weighted by molar-refractivity contribution is 0.477. The number of halogens is 1. The van der Waals surface area contributed by atoms with Crippen LogP contribution in [-0.4, -0.2) is 13.9 Å². The van der Waals surface area contributed by atoms with Crippen LogP contribution in [0.3, 0.4) is 0 Å². The number of anilines is 1. The highest BCUT2D eigenvalue weighted by Gasteiger charge is 2.12. The summed E-state index contributed by atoms with van der Waals surface area (Å²) in [5, 5.41) is 9.75. The van der Waals surface area contributed by atoms with E-state index in [9.17, 15) is 13.9 Å². The predicted octanol–water partition coefficient (Wildman–Crippen LogP) is 2.92. The van der Waals surface area contributed by atoms with E-state index < -0.39 is 11.3 Å². The summed E-state index contributed by atoms with van der Waals surface area (Å²) in [4.78, 5) is 0. The molecule has 0 aliphatic carbocycles. The molecule has 1 unspecified atom stereocenters. The number of aromatic hydroxyl groups is 1. The highest BCUT2D eigenvalue weighted by molar-refractivity contribution is 7.80. The minimum absolute atomic E-state index is 0.0219. The van der Waals surface area contributed by atoms with E-state index >= 15 is 0 Å². The Bertz CT molecular complexity index is 589. The molecule has 1 atom stereocenters. The lowest BCUT2D eigenvalue weighted by Gasteiger charge is -2.14. The summed E-state index contributed by atoms with van der Waals surface area (Å²) in [7, 11) is 0. The summed E-state index contributed by atoms with van der Waals surface area (Å²) in [5.41, 5.74) is 1.46. The van der Waals surface area contributed by atoms with Crippen LogP contribution in [0.2, 0.25) is 5.02 Å². The van der Waals surface area contributed by atoms with Crippen molar-refractivity contribution < 1.29 is 13.9 Å². The second-order valence-electron chi connectivity index (χ2n) is 3.52. The van der Waals surface area contributed by atoms with Crippen molar-refractivity contribution in [1.29, 1.82) is 0 Å². The van der Waals surface area contributed by atoms with E-state index in [0.717, 1.165) is 5.56 Å². The minimum atomic E-state index is -2.55. The number of phenolic OH excluding ortho intramolecular Hbond substituents is 1. The van der Waals surface area contributed by atoms with Crippen LogP contribution in [0, 0.1) is 0 Å². The Morgan fingerprint density at radius 2 is 1.83 bits per heavy atom. The van der Waals surface area contributed by atoms with E-state index in [2.05, 4.69) is 4.72 Å². The maximum absolute atomic E-state index is 10.6. The first-order valence-corrected chi connectivity index (χ1v) is 6.47. The summed E-state index contributed by atoms with van der Waals surface area (Å²) < 4.78 is 23.4. The van der Waals surface area contributed by atoms with Gasteiger partial charge in [0.1, 0.15) is 11.4 Å². The fraction of sp³-hybridized carbons (Fsp3) is 0. The summed E-state index contributed by atoms with van der Waals surface area (Å²) in [6.07, 6.45) is 0. The Hall–Kier alpha value is -1.56. The van der Waals surface area contributed by atoms with E-state index in [-0.39, 0.29) is 16.5 Å². The molecule has 0 bridgehead atoms. The topological polar surface area (TPSA) is 72.4 Å². The van der Waals surface area contributed by atoms with Gasteiger partial charge in [-0.25, -0.2) is 0 Å². The number of hydrogen-bond donors (Lipinski definition) is 2. The third kappa shape index (κ3) is 2.64. The Morgan fingerprint density at radius 1 is 1.17 bits per heavy atom. The number of hydrogen-bond acceptors (Lipinski definition) is 3. The van der Waals surface area contributed by atoms with Gasteiger partial charge in [0.15, 0.2) is 0 Å². The Balaban J connectivity index is 2.54. The molecule has 0 aromatic heterocycles. The van der Waals surface area contributed by atoms with Crippen molar-refractivity contribution in [2.45, 2.75) is 0 Å². The zero-order valence-corrected chi connectivity index (χ0v) is 10.7. The third-order valence-corrected chi connectivity index (χ3v) is 3.15. The molecule has 2 N–H and O–H groups in total. The zero-order chi connectivity index (χ0) is 13.1. The Labute approximate surface area is 112 Å². The molecule has 0 amide bonds. The maximum atomic E-state index is 10.6. The van der Waals surface area contributed by atoms with Crippen molar-refractivity contribution in [3.05, 3.63) is 47.5 Å². The van der Waals surface area contributed by atoms with E-state index in [0.29, 0.717) is 5.56 Å². The lowest BCUT2D eigenvalue weighted by Crippen LogP contribution is -2.03. The van der Waals surface area contributed by atoms with Crippen molar-refractivity contribution in [2.24, 2.45) is 0 Å². The molecule has 0 saturated heterocycles. The molecule has 0 saturated carbocycles. The largest absolute Gasteiger partial charge is 0.755 e. The van der Waals surface area contributed by atoms with Gasteiger partial charge in [-0.2, -0.15) is 0 Å². The van der Waals surface area contributed by atoms with Gasteiger partial charge in [0, 0.05) is 16.8 Å². The van der Waals surface area contributed by atoms with Crippen molar-refractivity contribution >= 4 is 28.6 Å². The summed E-state index contributed by atoms with van der Waals surface area (Å²) in [6.45, 7) is 0. The van der Waals surface area contributed by atoms with Crippen LogP contribution >= 0.6 is 11.6 Å². The molecule has 0 fully saturated rings. The highest BCUT2D eigenvalue weighted by atomic mass is 35.5. The van der Waals surface area contributed by atoms with E-state index in [1.807, 2.05) is 30.3 Å². The standard InChI is InChI=1S/C12H10ClNO3S/c13-11-9(8-4-2-1-3-5-8)6-7-10(15)12(11)14-18(16)17/h1-7,14-15H,(H,16,17)/p-1. The fourth-order valence-electron chi connectivity index (χ4n) is 1.59. The molecule has 2 aromatic rings. The molecule has 94 valence electrons. The van der Waals surface area contributed by atoms with Gasteiger partial charge >= 0.3 is 0 Å². The molecule has 2 aromatic carbocycles. The van der Waals surface area contributed by atoms with Crippen LogP contribution in [0.5, 0.6) is 5.75 Å². The molecule has 6 heteroatoms. The number of benzene rings is 2. The molecular formula is C12H9ClNO3S-. The zero-order valence-electron chi connectivity index (χ0n) is 9.09. The summed E-state index contributed by atoms with van der Waals surface area (Å²) in [5.74, 6) is -0.219. The molecule has 0 spiro atoms. The van der Waals surface area contributed by atoms with Crippen LogP contribution in [0.4, 0.5) is 5.69 Å². The van der Waals surface area contributed by atoms with Gasteiger partial charge in [-0.3, -0.25) is 4.21 Å². The van der Waals surface area contributed by atoms with Crippen molar-refractivity contribution in [3.8, 4) is 16.9 Å². The van der Waals surface area contributed by atoms with Crippen LogP contribution in [0.15, 0.2) is 42.5 Å². The number of phenols is 1. The molecule has 0 aliphatic heterocycles. The predicted molar refractivity (Wildman–Crippen MR) is 71.1 cm³/mol. The molecule has 0 heterocycles. The van der Waals surface area contributed by atoms with E-state index in [4.69, 9.17) is 11.6 Å². The van der Waals surface area contributed by atoms with Crippen molar-refractivity contribution in [3.63, 3.8) is 0 Å². The second-order valence-corrected chi connectivity index (χ2v) is 4.58. The molecule has 2 rings (SSSR count). The molecular weight excluding hydrogens is 274 g/mol. The van der Waals surface area contributed by atoms with Gasteiger partial charge in [-0.1, -0.05) is 41.9 Å². The molecule has 0 aliphatic rings. The van der Waals surface area contributed by atoms with E-state index in [1.54, 1.807) is 6.07 Å². The minimum Gasteiger partial charge on any atom is -0.755 e. The molecule has 0 radical (unpaired) electrons. The fourth-order valence-corrected chi connectivity index (χ4v) is 2.33. The quantitative estimate of drug-likeness (QED) is 0.671. The first-order valence-electron chi connectivity index (χ1n) is 5.02. The normalized spacial score (nSPS) is 12.1. The molecule has 18 heavy (non-hydrogen) atoms.